The van der Waals surface area contributed by atoms with Crippen LogP contribution in [0, 0.1) is 6.92 Å². The van der Waals surface area contributed by atoms with Gasteiger partial charge in [0.15, 0.2) is 11.4 Å². The molecule has 3 amide bonds. The van der Waals surface area contributed by atoms with Crippen LogP contribution in [0.15, 0.2) is 97.3 Å². The molecule has 4 aromatic carbocycles. The number of amides is 3. The van der Waals surface area contributed by atoms with Gasteiger partial charge >= 0.3 is 6.03 Å². The van der Waals surface area contributed by atoms with Gasteiger partial charge in [0.1, 0.15) is 11.5 Å². The Labute approximate surface area is 325 Å². The Morgan fingerprint density at radius 1 is 0.964 bits per heavy atom. The number of morpholine rings is 1. The first-order chi connectivity index (χ1) is 27.1. The summed E-state index contributed by atoms with van der Waals surface area (Å²) >= 11 is 0. The second kappa shape index (κ2) is 16.6. The molecule has 0 saturated carbocycles. The summed E-state index contributed by atoms with van der Waals surface area (Å²) in [5.41, 5.74) is 9.86. The fraction of sp³-hybridized carbons (Fsp3) is 0.262. The molecule has 3 heterocycles. The lowest BCUT2D eigenvalue weighted by Gasteiger charge is -2.33. The summed E-state index contributed by atoms with van der Waals surface area (Å²) in [6, 6.07) is 26.0. The second-order valence-electron chi connectivity index (χ2n) is 13.9. The summed E-state index contributed by atoms with van der Waals surface area (Å²) in [6.07, 6.45) is 3.84. The number of aromatic amines is 1. The number of rotatable bonds is 13. The molecular weight excluding hydrogens is 711 g/mol. The van der Waals surface area contributed by atoms with E-state index in [1.807, 2.05) is 81.4 Å². The number of primary amides is 1. The fourth-order valence-electron chi connectivity index (χ4n) is 6.96. The van der Waals surface area contributed by atoms with Crippen molar-refractivity contribution < 1.29 is 23.8 Å². The van der Waals surface area contributed by atoms with E-state index in [0.717, 1.165) is 41.5 Å². The topological polar surface area (TPSA) is 170 Å². The first-order valence-electron chi connectivity index (χ1n) is 18.5. The number of carbonyl (C=O) groups is 2. The molecule has 7 rings (SSSR count). The summed E-state index contributed by atoms with van der Waals surface area (Å²) in [5, 5.41) is 15.5. The maximum atomic E-state index is 14.7. The number of nitrogens with two attached hydrogens (primary N) is 1. The number of fused-ring (bicyclic) bond motifs is 1. The van der Waals surface area contributed by atoms with Crippen LogP contribution in [0.3, 0.4) is 0 Å². The van der Waals surface area contributed by atoms with E-state index in [9.17, 15) is 9.59 Å². The van der Waals surface area contributed by atoms with Gasteiger partial charge < -0.3 is 30.6 Å². The van der Waals surface area contributed by atoms with Crippen LogP contribution in [0.2, 0.25) is 0 Å². The molecule has 2 aromatic heterocycles. The monoisotopic (exact) mass is 756 g/mol. The smallest absolute Gasteiger partial charge is 0.433 e. The van der Waals surface area contributed by atoms with Crippen LogP contribution in [-0.2, 0) is 11.2 Å². The van der Waals surface area contributed by atoms with Crippen molar-refractivity contribution in [2.75, 3.05) is 45.3 Å². The number of hydrogen-bond acceptors (Lipinski definition) is 10. The third-order valence-corrected chi connectivity index (χ3v) is 9.75. The van der Waals surface area contributed by atoms with Gasteiger partial charge in [-0.1, -0.05) is 42.0 Å². The van der Waals surface area contributed by atoms with Gasteiger partial charge in [-0.2, -0.15) is 10.1 Å². The third kappa shape index (κ3) is 7.89. The SMILES string of the molecule is COc1cc(C(N)=O)cc(CCN2CCOCC2)c1Nc1nccc(Oc2cc([N+](C(=O)NC(C)C)(c3ccc(C)cc3)c3ccn[nH]3)cc3ccccc23)n1. The Hall–Kier alpha value is -6.35. The molecule has 1 unspecified atom stereocenters. The number of anilines is 2. The molecule has 1 aliphatic rings. The van der Waals surface area contributed by atoms with Crippen molar-refractivity contribution in [3.8, 4) is 17.4 Å². The van der Waals surface area contributed by atoms with Crippen molar-refractivity contribution >= 4 is 51.5 Å². The predicted molar refractivity (Wildman–Crippen MR) is 216 cm³/mol. The van der Waals surface area contributed by atoms with Gasteiger partial charge in [-0.3, -0.25) is 9.69 Å². The van der Waals surface area contributed by atoms with E-state index in [0.29, 0.717) is 59.6 Å². The van der Waals surface area contributed by atoms with Crippen LogP contribution in [0.5, 0.6) is 17.4 Å². The van der Waals surface area contributed by atoms with Crippen molar-refractivity contribution in [3.63, 3.8) is 0 Å². The summed E-state index contributed by atoms with van der Waals surface area (Å²) in [6.45, 7) is 9.61. The number of methoxy groups -OCH3 is 1. The van der Waals surface area contributed by atoms with Gasteiger partial charge in [0.05, 0.1) is 32.2 Å². The molecule has 288 valence electrons. The van der Waals surface area contributed by atoms with Crippen molar-refractivity contribution in [1.29, 1.82) is 0 Å². The van der Waals surface area contributed by atoms with E-state index in [1.54, 1.807) is 36.7 Å². The van der Waals surface area contributed by atoms with Crippen molar-refractivity contribution in [2.24, 2.45) is 5.73 Å². The standard InChI is InChI=1S/C42H45N9O5/c1-27(2)46-42(53)51(37-13-17-45-49-37,32-11-9-28(3)10-12-32)33-24-29-7-5-6-8-34(29)35(26-33)56-38-14-16-44-41(47-38)48-39-30(15-18-50-19-21-55-22-20-50)23-31(40(43)52)25-36(39)54-4/h5-14,16-17,23-27H,15,18-22H2,1-4H3,(H4-,43,44,45,46,47,48,49,52,53)/p+1. The average molecular weight is 757 g/mol. The van der Waals surface area contributed by atoms with E-state index in [1.165, 1.54) is 7.11 Å². The molecule has 14 nitrogen and oxygen atoms in total. The van der Waals surface area contributed by atoms with E-state index in [-0.39, 0.29) is 28.4 Å². The first kappa shape index (κ1) is 37.9. The number of carbonyl (C=O) groups excluding carboxylic acids is 2. The zero-order valence-corrected chi connectivity index (χ0v) is 31.9. The van der Waals surface area contributed by atoms with Crippen LogP contribution >= 0.6 is 0 Å². The van der Waals surface area contributed by atoms with Crippen LogP contribution in [0.25, 0.3) is 10.8 Å². The number of hydrogen-bond donors (Lipinski definition) is 4. The number of benzene rings is 4. The van der Waals surface area contributed by atoms with E-state index < -0.39 is 5.91 Å². The quantitative estimate of drug-likeness (QED) is 0.0880. The molecule has 0 spiro atoms. The van der Waals surface area contributed by atoms with E-state index in [4.69, 9.17) is 24.9 Å². The average Bonchev–Trinajstić information content (AvgIpc) is 3.74. The predicted octanol–water partition coefficient (Wildman–Crippen LogP) is 7.27. The molecule has 1 aliphatic heterocycles. The molecule has 0 bridgehead atoms. The van der Waals surface area contributed by atoms with Crippen LogP contribution < -0.4 is 30.3 Å². The molecule has 5 N–H and O–H groups in total. The molecule has 0 aliphatic carbocycles. The number of nitrogens with one attached hydrogen (secondary N) is 3. The summed E-state index contributed by atoms with van der Waals surface area (Å²) in [4.78, 5) is 38.5. The first-order valence-corrected chi connectivity index (χ1v) is 18.5. The molecule has 1 saturated heterocycles. The molecule has 0 radical (unpaired) electrons. The van der Waals surface area contributed by atoms with E-state index in [2.05, 4.69) is 30.7 Å². The lowest BCUT2D eigenvalue weighted by Crippen LogP contribution is -2.53. The number of aromatic nitrogens is 4. The van der Waals surface area contributed by atoms with Crippen molar-refractivity contribution in [2.45, 2.75) is 33.2 Å². The summed E-state index contributed by atoms with van der Waals surface area (Å²) in [5.74, 6) is 1.40. The van der Waals surface area contributed by atoms with Gasteiger partial charge in [-0.25, -0.2) is 14.9 Å². The number of urea groups is 1. The highest BCUT2D eigenvalue weighted by molar-refractivity contribution is 6.03. The Kier molecular flexibility index (Phi) is 11.2. The summed E-state index contributed by atoms with van der Waals surface area (Å²) < 4.78 is 17.6. The minimum Gasteiger partial charge on any atom is -0.495 e. The van der Waals surface area contributed by atoms with E-state index >= 15 is 0 Å². The largest absolute Gasteiger partial charge is 0.495 e. The van der Waals surface area contributed by atoms with Gasteiger partial charge in [-0.05, 0) is 50.3 Å². The van der Waals surface area contributed by atoms with Gasteiger partial charge in [0.2, 0.25) is 23.6 Å². The molecular formula is C42H46N9O5+. The zero-order valence-electron chi connectivity index (χ0n) is 31.9. The van der Waals surface area contributed by atoms with Crippen LogP contribution in [0.1, 0.15) is 35.3 Å². The highest BCUT2D eigenvalue weighted by Crippen LogP contribution is 2.47. The number of quaternary nitrogens is 1. The molecule has 56 heavy (non-hydrogen) atoms. The Bertz CT molecular complexity index is 2330. The Morgan fingerprint density at radius 2 is 1.75 bits per heavy atom. The third-order valence-electron chi connectivity index (χ3n) is 9.75. The molecule has 1 fully saturated rings. The highest BCUT2D eigenvalue weighted by Gasteiger charge is 2.47. The van der Waals surface area contributed by atoms with Gasteiger partial charge in [0.25, 0.3) is 0 Å². The minimum absolute atomic E-state index is 0.151. The van der Waals surface area contributed by atoms with Gasteiger partial charge in [0, 0.05) is 79.2 Å². The number of H-pyrrole nitrogens is 1. The zero-order chi connectivity index (χ0) is 39.2. The molecule has 6 aromatic rings. The lowest BCUT2D eigenvalue weighted by atomic mass is 10.0. The highest BCUT2D eigenvalue weighted by atomic mass is 16.5. The number of nitrogens with zero attached hydrogens (tertiary/aromatic N) is 5. The van der Waals surface area contributed by atoms with Crippen molar-refractivity contribution in [1.82, 2.24) is 34.9 Å². The maximum Gasteiger partial charge on any atom is 0.433 e. The lowest BCUT2D eigenvalue weighted by molar-refractivity contribution is 0.0384. The van der Waals surface area contributed by atoms with Crippen LogP contribution in [0.4, 0.5) is 33.6 Å². The second-order valence-corrected chi connectivity index (χ2v) is 13.9. The van der Waals surface area contributed by atoms with Crippen molar-refractivity contribution in [3.05, 3.63) is 114 Å². The fourth-order valence-corrected chi connectivity index (χ4v) is 6.96. The molecule has 1 atom stereocenters. The Morgan fingerprint density at radius 3 is 2.46 bits per heavy atom. The molecule has 14 heteroatoms. The number of aryl methyl sites for hydroxylation is 1. The minimum atomic E-state index is -0.553. The maximum absolute atomic E-state index is 14.7. The Balaban J connectivity index is 1.30. The number of ether oxygens (including phenoxy) is 3. The van der Waals surface area contributed by atoms with Crippen LogP contribution in [-0.4, -0.2) is 83.0 Å². The normalized spacial score (nSPS) is 14.3. The summed E-state index contributed by atoms with van der Waals surface area (Å²) in [7, 11) is 1.54. The van der Waals surface area contributed by atoms with Gasteiger partial charge in [-0.15, -0.1) is 4.48 Å².